The zero-order chi connectivity index (χ0) is 13.5. The normalized spacial score (nSPS) is 18.3. The fraction of sp³-hybridized carbons (Fsp3) is 0.250. The average molecular weight is 248 g/mol. The van der Waals surface area contributed by atoms with E-state index in [4.69, 9.17) is 0 Å². The van der Waals surface area contributed by atoms with Crippen LogP contribution in [-0.4, -0.2) is 0 Å². The van der Waals surface area contributed by atoms with Gasteiger partial charge in [-0.3, -0.25) is 0 Å². The summed E-state index contributed by atoms with van der Waals surface area (Å²) in [6.07, 6.45) is 12.2. The third kappa shape index (κ3) is 4.28. The highest BCUT2D eigenvalue weighted by molar-refractivity contribution is 5.39. The Hall–Kier alpha value is -1.70. The predicted octanol–water partition coefficient (Wildman–Crippen LogP) is 5.35. The molecule has 1 aliphatic carbocycles. The number of hydrogen-bond donors (Lipinski definition) is 0. The molecular weight excluding hydrogens is 230 g/mol. The van der Waals surface area contributed by atoms with Crippen molar-refractivity contribution < 1.29 is 8.78 Å². The minimum Gasteiger partial charge on any atom is -0.211 e. The van der Waals surface area contributed by atoms with Crippen LogP contribution in [0.4, 0.5) is 8.78 Å². The molecule has 0 saturated heterocycles. The van der Waals surface area contributed by atoms with Gasteiger partial charge in [0.25, 0.3) is 0 Å². The largest absolute Gasteiger partial charge is 0.211 e. The maximum atomic E-state index is 13.1. The minimum atomic E-state index is -0.474. The lowest BCUT2D eigenvalue weighted by Crippen LogP contribution is -1.99. The van der Waals surface area contributed by atoms with E-state index < -0.39 is 5.83 Å². The lowest BCUT2D eigenvalue weighted by molar-refractivity contribution is 0.618. The Morgan fingerprint density at radius 1 is 1.39 bits per heavy atom. The monoisotopic (exact) mass is 248 g/mol. The molecule has 0 spiro atoms. The molecule has 0 saturated carbocycles. The van der Waals surface area contributed by atoms with Gasteiger partial charge in [-0.05, 0) is 30.2 Å². The first-order chi connectivity index (χ1) is 8.54. The van der Waals surface area contributed by atoms with Crippen LogP contribution in [0.25, 0.3) is 0 Å². The second-order valence-electron chi connectivity index (χ2n) is 4.18. The zero-order valence-corrected chi connectivity index (χ0v) is 10.8. The SMILES string of the molecule is C=C(F)/C=C\C(=C/C)C(C)C1=CC=C(F)CC=C1. The quantitative estimate of drug-likeness (QED) is 0.588. The lowest BCUT2D eigenvalue weighted by Gasteiger charge is -2.13. The van der Waals surface area contributed by atoms with Crippen molar-refractivity contribution >= 4 is 0 Å². The summed E-state index contributed by atoms with van der Waals surface area (Å²) in [5.74, 6) is -0.537. The highest BCUT2D eigenvalue weighted by Crippen LogP contribution is 2.25. The summed E-state index contributed by atoms with van der Waals surface area (Å²) in [6, 6.07) is 0. The standard InChI is InChI=1S/C16H18F2/c1-4-14(9-8-12(2)17)13(3)15-6-5-7-16(18)11-10-15/h4-6,8-11,13H,2,7H2,1,3H3/b9-8-,14-4+. The Balaban J connectivity index is 2.92. The summed E-state index contributed by atoms with van der Waals surface area (Å²) < 4.78 is 25.7. The van der Waals surface area contributed by atoms with Gasteiger partial charge in [0.1, 0.15) is 11.7 Å². The first-order valence-electron chi connectivity index (χ1n) is 5.96. The second kappa shape index (κ2) is 6.90. The maximum Gasteiger partial charge on any atom is 0.116 e. The highest BCUT2D eigenvalue weighted by Gasteiger charge is 2.10. The smallest absolute Gasteiger partial charge is 0.116 e. The van der Waals surface area contributed by atoms with E-state index in [1.54, 1.807) is 18.2 Å². The van der Waals surface area contributed by atoms with Crippen molar-refractivity contribution in [3.8, 4) is 0 Å². The van der Waals surface area contributed by atoms with Crippen molar-refractivity contribution in [2.75, 3.05) is 0 Å². The maximum absolute atomic E-state index is 13.1. The van der Waals surface area contributed by atoms with Gasteiger partial charge in [0.15, 0.2) is 0 Å². The Bertz CT molecular complexity index is 459. The Morgan fingerprint density at radius 3 is 2.72 bits per heavy atom. The van der Waals surface area contributed by atoms with Gasteiger partial charge in [-0.25, -0.2) is 8.78 Å². The molecule has 2 heteroatoms. The van der Waals surface area contributed by atoms with Gasteiger partial charge in [0, 0.05) is 12.3 Å². The number of allylic oxidation sites excluding steroid dienone is 11. The Kier molecular flexibility index (Phi) is 5.50. The molecule has 0 N–H and O–H groups in total. The lowest BCUT2D eigenvalue weighted by atomic mass is 9.91. The van der Waals surface area contributed by atoms with Gasteiger partial charge in [0.05, 0.1) is 0 Å². The topological polar surface area (TPSA) is 0 Å². The summed E-state index contributed by atoms with van der Waals surface area (Å²) >= 11 is 0. The van der Waals surface area contributed by atoms with E-state index in [0.717, 1.165) is 11.1 Å². The summed E-state index contributed by atoms with van der Waals surface area (Å²) in [6.45, 7) is 7.10. The fourth-order valence-electron chi connectivity index (χ4n) is 1.78. The van der Waals surface area contributed by atoms with Crippen LogP contribution < -0.4 is 0 Å². The van der Waals surface area contributed by atoms with Crippen LogP contribution in [0, 0.1) is 5.92 Å². The van der Waals surface area contributed by atoms with E-state index in [2.05, 4.69) is 6.58 Å². The molecule has 18 heavy (non-hydrogen) atoms. The number of hydrogen-bond acceptors (Lipinski definition) is 0. The van der Waals surface area contributed by atoms with Crippen LogP contribution in [0.5, 0.6) is 0 Å². The molecule has 0 bridgehead atoms. The molecular formula is C16H18F2. The van der Waals surface area contributed by atoms with E-state index in [-0.39, 0.29) is 11.7 Å². The molecule has 0 fully saturated rings. The predicted molar refractivity (Wildman–Crippen MR) is 73.3 cm³/mol. The molecule has 1 rings (SSSR count). The van der Waals surface area contributed by atoms with Crippen molar-refractivity contribution in [3.05, 3.63) is 71.9 Å². The fourth-order valence-corrected chi connectivity index (χ4v) is 1.78. The van der Waals surface area contributed by atoms with E-state index in [1.807, 2.05) is 26.0 Å². The zero-order valence-electron chi connectivity index (χ0n) is 10.8. The minimum absolute atomic E-state index is 0.0870. The molecule has 0 aromatic carbocycles. The number of halogens is 2. The van der Waals surface area contributed by atoms with Crippen LogP contribution in [-0.2, 0) is 0 Å². The van der Waals surface area contributed by atoms with Crippen molar-refractivity contribution in [3.63, 3.8) is 0 Å². The molecule has 96 valence electrons. The molecule has 0 aromatic rings. The molecule has 1 atom stereocenters. The van der Waals surface area contributed by atoms with Gasteiger partial charge in [-0.1, -0.05) is 43.9 Å². The van der Waals surface area contributed by atoms with Crippen molar-refractivity contribution in [1.82, 2.24) is 0 Å². The summed E-state index contributed by atoms with van der Waals surface area (Å²) in [5.41, 5.74) is 1.98. The third-order valence-corrected chi connectivity index (χ3v) is 2.87. The van der Waals surface area contributed by atoms with Gasteiger partial charge >= 0.3 is 0 Å². The average Bonchev–Trinajstić information content (AvgIpc) is 2.54. The van der Waals surface area contributed by atoms with E-state index in [9.17, 15) is 8.78 Å². The van der Waals surface area contributed by atoms with Crippen LogP contribution in [0.15, 0.2) is 71.9 Å². The van der Waals surface area contributed by atoms with Gasteiger partial charge in [0.2, 0.25) is 0 Å². The summed E-state index contributed by atoms with van der Waals surface area (Å²) in [4.78, 5) is 0. The Morgan fingerprint density at radius 2 is 2.11 bits per heavy atom. The van der Waals surface area contributed by atoms with Crippen LogP contribution in [0.1, 0.15) is 20.3 Å². The van der Waals surface area contributed by atoms with Crippen molar-refractivity contribution in [2.45, 2.75) is 20.3 Å². The van der Waals surface area contributed by atoms with Gasteiger partial charge in [-0.2, -0.15) is 0 Å². The number of rotatable bonds is 4. The van der Waals surface area contributed by atoms with E-state index >= 15 is 0 Å². The highest BCUT2D eigenvalue weighted by atomic mass is 19.1. The molecule has 1 aliphatic rings. The Labute approximate surface area is 107 Å². The van der Waals surface area contributed by atoms with Gasteiger partial charge < -0.3 is 0 Å². The van der Waals surface area contributed by atoms with Crippen LogP contribution >= 0.6 is 0 Å². The van der Waals surface area contributed by atoms with Crippen LogP contribution in [0.2, 0.25) is 0 Å². The van der Waals surface area contributed by atoms with Crippen molar-refractivity contribution in [1.29, 1.82) is 0 Å². The molecule has 0 aliphatic heterocycles. The molecule has 0 nitrogen and oxygen atoms in total. The molecule has 0 amide bonds. The van der Waals surface area contributed by atoms with Crippen LogP contribution in [0.3, 0.4) is 0 Å². The van der Waals surface area contributed by atoms with Crippen molar-refractivity contribution in [2.24, 2.45) is 5.92 Å². The second-order valence-corrected chi connectivity index (χ2v) is 4.18. The molecule has 0 radical (unpaired) electrons. The third-order valence-electron chi connectivity index (χ3n) is 2.87. The molecule has 1 unspecified atom stereocenters. The summed E-state index contributed by atoms with van der Waals surface area (Å²) in [7, 11) is 0. The van der Waals surface area contributed by atoms with E-state index in [0.29, 0.717) is 6.42 Å². The van der Waals surface area contributed by atoms with Gasteiger partial charge in [-0.15, -0.1) is 0 Å². The summed E-state index contributed by atoms with van der Waals surface area (Å²) in [5, 5.41) is 0. The van der Waals surface area contributed by atoms with E-state index in [1.165, 1.54) is 12.2 Å². The first kappa shape index (κ1) is 14.4. The molecule has 0 heterocycles. The molecule has 0 aromatic heterocycles. The first-order valence-corrected chi connectivity index (χ1v) is 5.96.